The van der Waals surface area contributed by atoms with E-state index >= 15 is 0 Å². The Balaban J connectivity index is 2.76. The largest absolute Gasteiger partial charge is 0.118 e. The van der Waals surface area contributed by atoms with Gasteiger partial charge in [0.15, 0.2) is 0 Å². The minimum absolute atomic E-state index is 0.0751. The lowest BCUT2D eigenvalue weighted by Gasteiger charge is -2.07. The topological polar surface area (TPSA) is 0 Å². The van der Waals surface area contributed by atoms with Gasteiger partial charge in [-0.2, -0.15) is 0 Å². The summed E-state index contributed by atoms with van der Waals surface area (Å²) in [4.78, 5) is 0. The summed E-state index contributed by atoms with van der Waals surface area (Å²) >= 11 is 6.08. The third-order valence-corrected chi connectivity index (χ3v) is 2.49. The lowest BCUT2D eigenvalue weighted by atomic mass is 10.0. The SMILES string of the molecule is C[C@@H](Cl)c1cccc2ccccc12. The lowest BCUT2D eigenvalue weighted by molar-refractivity contribution is 1.10. The van der Waals surface area contributed by atoms with E-state index in [-0.39, 0.29) is 5.38 Å². The molecule has 0 unspecified atom stereocenters. The van der Waals surface area contributed by atoms with Crippen molar-refractivity contribution in [1.29, 1.82) is 0 Å². The van der Waals surface area contributed by atoms with E-state index in [1.807, 2.05) is 19.1 Å². The molecule has 0 heterocycles. The first-order valence-electron chi connectivity index (χ1n) is 4.41. The predicted molar refractivity (Wildman–Crippen MR) is 58.2 cm³/mol. The molecule has 0 nitrogen and oxygen atoms in total. The van der Waals surface area contributed by atoms with Gasteiger partial charge in [-0.3, -0.25) is 0 Å². The number of halogens is 1. The molecule has 0 aliphatic heterocycles. The summed E-state index contributed by atoms with van der Waals surface area (Å²) in [7, 11) is 0. The second-order valence-corrected chi connectivity index (χ2v) is 3.84. The number of rotatable bonds is 1. The van der Waals surface area contributed by atoms with Crippen LogP contribution < -0.4 is 0 Å². The Morgan fingerprint density at radius 3 is 2.46 bits per heavy atom. The minimum atomic E-state index is 0.0751. The minimum Gasteiger partial charge on any atom is -0.118 e. The first kappa shape index (κ1) is 8.58. The molecular weight excluding hydrogens is 180 g/mol. The van der Waals surface area contributed by atoms with Crippen molar-refractivity contribution in [1.82, 2.24) is 0 Å². The highest BCUT2D eigenvalue weighted by Crippen LogP contribution is 2.27. The average Bonchev–Trinajstić information content (AvgIpc) is 2.17. The molecule has 0 aliphatic carbocycles. The third-order valence-electron chi connectivity index (χ3n) is 2.25. The molecule has 0 amide bonds. The molecule has 0 bridgehead atoms. The monoisotopic (exact) mass is 190 g/mol. The van der Waals surface area contributed by atoms with Gasteiger partial charge in [0, 0.05) is 0 Å². The van der Waals surface area contributed by atoms with Crippen molar-refractivity contribution >= 4 is 22.4 Å². The van der Waals surface area contributed by atoms with Crippen LogP contribution in [-0.2, 0) is 0 Å². The molecule has 2 aromatic rings. The van der Waals surface area contributed by atoms with Crippen LogP contribution in [0, 0.1) is 0 Å². The van der Waals surface area contributed by atoms with Crippen molar-refractivity contribution in [3.8, 4) is 0 Å². The fourth-order valence-electron chi connectivity index (χ4n) is 1.60. The zero-order valence-electron chi connectivity index (χ0n) is 7.50. The van der Waals surface area contributed by atoms with Crippen molar-refractivity contribution in [3.05, 3.63) is 48.0 Å². The summed E-state index contributed by atoms with van der Waals surface area (Å²) in [6, 6.07) is 14.6. The normalized spacial score (nSPS) is 13.1. The van der Waals surface area contributed by atoms with Gasteiger partial charge in [0.05, 0.1) is 5.38 Å². The van der Waals surface area contributed by atoms with E-state index in [0.29, 0.717) is 0 Å². The van der Waals surface area contributed by atoms with E-state index in [1.54, 1.807) is 0 Å². The first-order chi connectivity index (χ1) is 6.29. The van der Waals surface area contributed by atoms with Gasteiger partial charge in [0.1, 0.15) is 0 Å². The average molecular weight is 191 g/mol. The molecule has 0 aliphatic rings. The zero-order valence-corrected chi connectivity index (χ0v) is 8.25. The van der Waals surface area contributed by atoms with Crippen molar-refractivity contribution in [2.45, 2.75) is 12.3 Å². The third kappa shape index (κ3) is 1.54. The van der Waals surface area contributed by atoms with Crippen LogP contribution >= 0.6 is 11.6 Å². The van der Waals surface area contributed by atoms with Gasteiger partial charge in [-0.1, -0.05) is 42.5 Å². The highest BCUT2D eigenvalue weighted by molar-refractivity contribution is 6.21. The molecule has 2 aromatic carbocycles. The van der Waals surface area contributed by atoms with Crippen LogP contribution in [0.3, 0.4) is 0 Å². The highest BCUT2D eigenvalue weighted by atomic mass is 35.5. The van der Waals surface area contributed by atoms with Crippen LogP contribution in [0.25, 0.3) is 10.8 Å². The van der Waals surface area contributed by atoms with Crippen molar-refractivity contribution in [2.24, 2.45) is 0 Å². The zero-order chi connectivity index (χ0) is 9.26. The summed E-state index contributed by atoms with van der Waals surface area (Å²) in [6.07, 6.45) is 0. The Hall–Kier alpha value is -1.01. The second-order valence-electron chi connectivity index (χ2n) is 3.18. The maximum atomic E-state index is 6.08. The Kier molecular flexibility index (Phi) is 2.24. The van der Waals surface area contributed by atoms with Gasteiger partial charge < -0.3 is 0 Å². The number of hydrogen-bond donors (Lipinski definition) is 0. The van der Waals surface area contributed by atoms with E-state index in [2.05, 4.69) is 30.3 Å². The van der Waals surface area contributed by atoms with Crippen LogP contribution in [0.15, 0.2) is 42.5 Å². The Bertz CT molecular complexity index is 413. The maximum absolute atomic E-state index is 6.08. The van der Waals surface area contributed by atoms with Crippen molar-refractivity contribution < 1.29 is 0 Å². The van der Waals surface area contributed by atoms with E-state index in [4.69, 9.17) is 11.6 Å². The summed E-state index contributed by atoms with van der Waals surface area (Å²) in [5, 5.41) is 2.59. The number of fused-ring (bicyclic) bond motifs is 1. The molecule has 0 aromatic heterocycles. The molecule has 0 saturated heterocycles. The van der Waals surface area contributed by atoms with Gasteiger partial charge in [-0.15, -0.1) is 11.6 Å². The molecule has 0 spiro atoms. The van der Waals surface area contributed by atoms with Crippen LogP contribution in [0.1, 0.15) is 17.9 Å². The number of benzene rings is 2. The number of alkyl halides is 1. The highest BCUT2D eigenvalue weighted by Gasteiger charge is 2.04. The molecular formula is C12H11Cl. The van der Waals surface area contributed by atoms with Gasteiger partial charge in [0.25, 0.3) is 0 Å². The van der Waals surface area contributed by atoms with Crippen LogP contribution in [0.4, 0.5) is 0 Å². The molecule has 2 rings (SSSR count). The van der Waals surface area contributed by atoms with Crippen LogP contribution in [0.2, 0.25) is 0 Å². The standard InChI is InChI=1S/C12H11Cl/c1-9(13)11-8-4-6-10-5-2-3-7-12(10)11/h2-9H,1H3/t9-/m1/s1. The van der Waals surface area contributed by atoms with Crippen LogP contribution in [-0.4, -0.2) is 0 Å². The molecule has 1 heteroatoms. The molecule has 0 saturated carbocycles. The van der Waals surface area contributed by atoms with Crippen LogP contribution in [0.5, 0.6) is 0 Å². The lowest BCUT2D eigenvalue weighted by Crippen LogP contribution is -1.85. The van der Waals surface area contributed by atoms with E-state index < -0.39 is 0 Å². The van der Waals surface area contributed by atoms with E-state index in [1.165, 1.54) is 16.3 Å². The Morgan fingerprint density at radius 2 is 1.69 bits per heavy atom. The van der Waals surface area contributed by atoms with Crippen molar-refractivity contribution in [3.63, 3.8) is 0 Å². The molecule has 0 N–H and O–H groups in total. The first-order valence-corrected chi connectivity index (χ1v) is 4.84. The second kappa shape index (κ2) is 3.39. The van der Waals surface area contributed by atoms with Gasteiger partial charge >= 0.3 is 0 Å². The fourth-order valence-corrected chi connectivity index (χ4v) is 1.79. The summed E-state index contributed by atoms with van der Waals surface area (Å²) < 4.78 is 0. The van der Waals surface area contributed by atoms with Gasteiger partial charge in [-0.05, 0) is 23.3 Å². The van der Waals surface area contributed by atoms with Gasteiger partial charge in [-0.25, -0.2) is 0 Å². The Labute approximate surface area is 83.1 Å². The van der Waals surface area contributed by atoms with Gasteiger partial charge in [0.2, 0.25) is 0 Å². The van der Waals surface area contributed by atoms with E-state index in [0.717, 1.165) is 0 Å². The Morgan fingerprint density at radius 1 is 1.00 bits per heavy atom. The van der Waals surface area contributed by atoms with Crippen molar-refractivity contribution in [2.75, 3.05) is 0 Å². The smallest absolute Gasteiger partial charge is 0.0563 e. The summed E-state index contributed by atoms with van der Waals surface area (Å²) in [6.45, 7) is 2.00. The molecule has 13 heavy (non-hydrogen) atoms. The molecule has 66 valence electrons. The molecule has 1 atom stereocenters. The quantitative estimate of drug-likeness (QED) is 0.593. The molecule has 0 radical (unpaired) electrons. The maximum Gasteiger partial charge on any atom is 0.0563 e. The predicted octanol–water partition coefficient (Wildman–Crippen LogP) is 4.14. The molecule has 0 fully saturated rings. The summed E-state index contributed by atoms with van der Waals surface area (Å²) in [5.41, 5.74) is 1.21. The van der Waals surface area contributed by atoms with E-state index in [9.17, 15) is 0 Å². The number of hydrogen-bond acceptors (Lipinski definition) is 0. The summed E-state index contributed by atoms with van der Waals surface area (Å²) in [5.74, 6) is 0. The fraction of sp³-hybridized carbons (Fsp3) is 0.167.